The van der Waals surface area contributed by atoms with Crippen molar-refractivity contribution >= 4 is 17.5 Å². The fourth-order valence-corrected chi connectivity index (χ4v) is 2.99. The molecule has 0 saturated carbocycles. The molecule has 1 atom stereocenters. The zero-order chi connectivity index (χ0) is 11.7. The summed E-state index contributed by atoms with van der Waals surface area (Å²) in [5.41, 5.74) is 1.29. The van der Waals surface area contributed by atoms with Gasteiger partial charge in [-0.05, 0) is 24.6 Å². The smallest absolute Gasteiger partial charge is 0.160 e. The average Bonchev–Trinajstić information content (AvgIpc) is 2.61. The molecule has 1 aliphatic heterocycles. The van der Waals surface area contributed by atoms with Crippen LogP contribution in [0, 0.1) is 5.82 Å². The predicted octanol–water partition coefficient (Wildman–Crippen LogP) is 3.01. The van der Waals surface area contributed by atoms with Gasteiger partial charge in [-0.2, -0.15) is 0 Å². The van der Waals surface area contributed by atoms with E-state index in [1.165, 1.54) is 30.8 Å². The number of rotatable bonds is 2. The summed E-state index contributed by atoms with van der Waals surface area (Å²) in [6.45, 7) is 1.44. The number of Topliss-reactive ketones (excluding diaryl/α,β-unsaturated/α-hetero) is 1. The minimum atomic E-state index is -0.304. The Hall–Kier alpha value is -1.29. The SMILES string of the molecule is CC(=O)C1=C(O)C(c2ccc(F)cc2)SC1. The molecule has 0 radical (unpaired) electrons. The van der Waals surface area contributed by atoms with Crippen LogP contribution in [0.5, 0.6) is 0 Å². The van der Waals surface area contributed by atoms with Crippen LogP contribution in [-0.2, 0) is 4.79 Å². The Bertz CT molecular complexity index is 451. The van der Waals surface area contributed by atoms with Crippen molar-refractivity contribution in [3.05, 3.63) is 47.0 Å². The number of benzene rings is 1. The summed E-state index contributed by atoms with van der Waals surface area (Å²) < 4.78 is 12.7. The van der Waals surface area contributed by atoms with Crippen molar-refractivity contribution in [2.24, 2.45) is 0 Å². The van der Waals surface area contributed by atoms with E-state index in [-0.39, 0.29) is 22.6 Å². The van der Waals surface area contributed by atoms with Gasteiger partial charge in [0.2, 0.25) is 0 Å². The molecule has 0 aliphatic carbocycles. The number of hydrogen-bond acceptors (Lipinski definition) is 3. The summed E-state index contributed by atoms with van der Waals surface area (Å²) in [7, 11) is 0. The van der Waals surface area contributed by atoms with Crippen LogP contribution in [0.1, 0.15) is 17.7 Å². The van der Waals surface area contributed by atoms with Gasteiger partial charge in [-0.15, -0.1) is 11.8 Å². The summed E-state index contributed by atoms with van der Waals surface area (Å²) in [5, 5.41) is 9.65. The minimum Gasteiger partial charge on any atom is -0.510 e. The van der Waals surface area contributed by atoms with Crippen molar-refractivity contribution in [1.29, 1.82) is 0 Å². The summed E-state index contributed by atoms with van der Waals surface area (Å²) >= 11 is 1.48. The number of hydrogen-bond donors (Lipinski definition) is 1. The molecule has 1 N–H and O–H groups in total. The van der Waals surface area contributed by atoms with Crippen LogP contribution in [0.15, 0.2) is 35.6 Å². The monoisotopic (exact) mass is 238 g/mol. The van der Waals surface area contributed by atoms with Crippen LogP contribution in [0.25, 0.3) is 0 Å². The van der Waals surface area contributed by atoms with E-state index in [1.54, 1.807) is 12.1 Å². The van der Waals surface area contributed by atoms with Crippen LogP contribution < -0.4 is 0 Å². The van der Waals surface area contributed by atoms with E-state index in [0.717, 1.165) is 5.56 Å². The highest BCUT2D eigenvalue weighted by atomic mass is 32.2. The van der Waals surface area contributed by atoms with Gasteiger partial charge in [0.1, 0.15) is 11.6 Å². The van der Waals surface area contributed by atoms with Crippen molar-refractivity contribution in [3.8, 4) is 0 Å². The van der Waals surface area contributed by atoms with Crippen molar-refractivity contribution < 1.29 is 14.3 Å². The van der Waals surface area contributed by atoms with E-state index < -0.39 is 0 Å². The lowest BCUT2D eigenvalue weighted by Crippen LogP contribution is -2.00. The summed E-state index contributed by atoms with van der Waals surface area (Å²) in [6, 6.07) is 5.97. The Labute approximate surface area is 97.2 Å². The van der Waals surface area contributed by atoms with Crippen LogP contribution >= 0.6 is 11.8 Å². The Kier molecular flexibility index (Phi) is 3.01. The number of carbonyl (C=O) groups is 1. The standard InChI is InChI=1S/C12H11FO2S/c1-7(14)10-6-16-12(11(10)15)8-2-4-9(13)5-3-8/h2-5,12,15H,6H2,1H3. The third-order valence-corrected chi connectivity index (χ3v) is 3.83. The fraction of sp³-hybridized carbons (Fsp3) is 0.250. The van der Waals surface area contributed by atoms with Gasteiger partial charge in [0.25, 0.3) is 0 Å². The molecule has 0 aromatic heterocycles. The Morgan fingerprint density at radius 2 is 2.06 bits per heavy atom. The first-order chi connectivity index (χ1) is 7.59. The predicted molar refractivity (Wildman–Crippen MR) is 61.9 cm³/mol. The molecule has 16 heavy (non-hydrogen) atoms. The molecule has 1 aliphatic rings. The van der Waals surface area contributed by atoms with E-state index in [0.29, 0.717) is 11.3 Å². The van der Waals surface area contributed by atoms with Crippen molar-refractivity contribution in [2.75, 3.05) is 5.75 Å². The molecule has 1 aromatic carbocycles. The lowest BCUT2D eigenvalue weighted by atomic mass is 10.1. The highest BCUT2D eigenvalue weighted by molar-refractivity contribution is 8.00. The topological polar surface area (TPSA) is 37.3 Å². The lowest BCUT2D eigenvalue weighted by Gasteiger charge is -2.09. The fourth-order valence-electron chi connectivity index (χ4n) is 1.65. The van der Waals surface area contributed by atoms with Gasteiger partial charge in [-0.3, -0.25) is 4.79 Å². The third-order valence-electron chi connectivity index (χ3n) is 2.55. The first kappa shape index (κ1) is 11.2. The number of ketones is 1. The number of thioether (sulfide) groups is 1. The van der Waals surface area contributed by atoms with E-state index in [2.05, 4.69) is 0 Å². The van der Waals surface area contributed by atoms with E-state index in [4.69, 9.17) is 0 Å². The Morgan fingerprint density at radius 1 is 1.44 bits per heavy atom. The van der Waals surface area contributed by atoms with E-state index in [9.17, 15) is 14.3 Å². The molecule has 0 fully saturated rings. The normalized spacial score (nSPS) is 20.2. The van der Waals surface area contributed by atoms with Gasteiger partial charge in [0.05, 0.1) is 5.25 Å². The number of carbonyl (C=O) groups excluding carboxylic acids is 1. The Balaban J connectivity index is 2.31. The molecule has 84 valence electrons. The average molecular weight is 238 g/mol. The molecule has 0 spiro atoms. The second kappa shape index (κ2) is 4.29. The largest absolute Gasteiger partial charge is 0.510 e. The molecule has 0 amide bonds. The molecule has 4 heteroatoms. The van der Waals surface area contributed by atoms with Gasteiger partial charge in [-0.1, -0.05) is 12.1 Å². The molecule has 0 saturated heterocycles. The summed E-state index contributed by atoms with van der Waals surface area (Å²) in [6.07, 6.45) is 0. The third kappa shape index (κ3) is 1.97. The van der Waals surface area contributed by atoms with Crippen LogP contribution in [0.3, 0.4) is 0 Å². The maximum atomic E-state index is 12.7. The molecule has 2 rings (SSSR count). The second-order valence-electron chi connectivity index (χ2n) is 3.66. The zero-order valence-electron chi connectivity index (χ0n) is 8.74. The zero-order valence-corrected chi connectivity index (χ0v) is 9.55. The maximum Gasteiger partial charge on any atom is 0.160 e. The lowest BCUT2D eigenvalue weighted by molar-refractivity contribution is -0.113. The second-order valence-corrected chi connectivity index (χ2v) is 4.76. The molecular formula is C12H11FO2S. The van der Waals surface area contributed by atoms with Gasteiger partial charge < -0.3 is 5.11 Å². The van der Waals surface area contributed by atoms with Gasteiger partial charge in [0.15, 0.2) is 5.78 Å². The quantitative estimate of drug-likeness (QED) is 0.860. The molecular weight excluding hydrogens is 227 g/mol. The van der Waals surface area contributed by atoms with Crippen LogP contribution in [0.4, 0.5) is 4.39 Å². The molecule has 1 heterocycles. The molecule has 0 bridgehead atoms. The van der Waals surface area contributed by atoms with Crippen LogP contribution in [-0.4, -0.2) is 16.6 Å². The molecule has 1 aromatic rings. The highest BCUT2D eigenvalue weighted by Crippen LogP contribution is 2.43. The van der Waals surface area contributed by atoms with Gasteiger partial charge in [0, 0.05) is 11.3 Å². The Morgan fingerprint density at radius 3 is 2.56 bits per heavy atom. The summed E-state index contributed by atoms with van der Waals surface area (Å²) in [4.78, 5) is 11.2. The van der Waals surface area contributed by atoms with Gasteiger partial charge in [-0.25, -0.2) is 4.39 Å². The van der Waals surface area contributed by atoms with E-state index >= 15 is 0 Å². The number of aliphatic hydroxyl groups is 1. The van der Waals surface area contributed by atoms with Crippen molar-refractivity contribution in [2.45, 2.75) is 12.2 Å². The number of aliphatic hydroxyl groups excluding tert-OH is 1. The summed E-state index contributed by atoms with van der Waals surface area (Å²) in [5.74, 6) is 0.226. The van der Waals surface area contributed by atoms with Gasteiger partial charge >= 0.3 is 0 Å². The maximum absolute atomic E-state index is 12.7. The first-order valence-corrected chi connectivity index (χ1v) is 5.94. The molecule has 2 nitrogen and oxygen atoms in total. The first-order valence-electron chi connectivity index (χ1n) is 4.89. The van der Waals surface area contributed by atoms with E-state index in [1.807, 2.05) is 0 Å². The molecule has 1 unspecified atom stereocenters. The van der Waals surface area contributed by atoms with Crippen molar-refractivity contribution in [3.63, 3.8) is 0 Å². The highest BCUT2D eigenvalue weighted by Gasteiger charge is 2.29. The number of halogens is 1. The van der Waals surface area contributed by atoms with Crippen molar-refractivity contribution in [1.82, 2.24) is 0 Å². The van der Waals surface area contributed by atoms with Crippen LogP contribution in [0.2, 0.25) is 0 Å². The minimum absolute atomic E-state index is 0.102.